The lowest BCUT2D eigenvalue weighted by molar-refractivity contribution is -0.119. The predicted octanol–water partition coefficient (Wildman–Crippen LogP) is 2.61. The third kappa shape index (κ3) is 4.05. The number of aromatic nitrogens is 5. The fraction of sp³-hybridized carbons (Fsp3) is 0.294. The molecule has 0 bridgehead atoms. The van der Waals surface area contributed by atoms with Crippen molar-refractivity contribution in [3.63, 3.8) is 0 Å². The maximum absolute atomic E-state index is 12.8. The summed E-state index contributed by atoms with van der Waals surface area (Å²) in [5.41, 5.74) is 1.30. The number of hydrogen-bond donors (Lipinski definition) is 2. The number of rotatable bonds is 8. The third-order valence-electron chi connectivity index (χ3n) is 3.94. The van der Waals surface area contributed by atoms with Gasteiger partial charge in [0.05, 0.1) is 12.7 Å². The fourth-order valence-electron chi connectivity index (χ4n) is 2.66. The minimum atomic E-state index is -0.270. The van der Waals surface area contributed by atoms with Crippen LogP contribution in [0.3, 0.4) is 0 Å². The van der Waals surface area contributed by atoms with E-state index in [4.69, 9.17) is 4.74 Å². The van der Waals surface area contributed by atoms with Crippen LogP contribution < -0.4 is 10.1 Å². The molecule has 2 N–H and O–H groups in total. The minimum absolute atomic E-state index is 0.0699. The molecular weight excluding hydrogens is 352 g/mol. The summed E-state index contributed by atoms with van der Waals surface area (Å²) in [4.78, 5) is 12.8. The Bertz CT molecular complexity index is 835. The van der Waals surface area contributed by atoms with Gasteiger partial charge in [0.2, 0.25) is 11.7 Å². The van der Waals surface area contributed by atoms with E-state index >= 15 is 0 Å². The molecule has 1 aromatic carbocycles. The Kier molecular flexibility index (Phi) is 5.90. The largest absolute Gasteiger partial charge is 0.496 e. The number of carbonyl (C=O) groups is 1. The number of amides is 1. The molecule has 26 heavy (non-hydrogen) atoms. The first kappa shape index (κ1) is 18.0. The average Bonchev–Trinajstić information content (AvgIpc) is 3.36. The molecule has 1 amide bonds. The van der Waals surface area contributed by atoms with Crippen LogP contribution in [0.25, 0.3) is 11.4 Å². The number of tetrazole rings is 1. The second-order valence-corrected chi connectivity index (χ2v) is 6.55. The lowest BCUT2D eigenvalue weighted by Gasteiger charge is -2.19. The number of nitrogens with zero attached hydrogens (tertiary/aromatic N) is 4. The van der Waals surface area contributed by atoms with Gasteiger partial charge in [-0.1, -0.05) is 0 Å². The van der Waals surface area contributed by atoms with Crippen molar-refractivity contribution in [3.05, 3.63) is 42.7 Å². The number of hydrogen-bond acceptors (Lipinski definition) is 6. The molecule has 0 spiro atoms. The summed E-state index contributed by atoms with van der Waals surface area (Å²) in [6.45, 7) is 0. The summed E-state index contributed by atoms with van der Waals surface area (Å²) in [6.07, 6.45) is 6.59. The fourth-order valence-corrected chi connectivity index (χ4v) is 3.12. The second-order valence-electron chi connectivity index (χ2n) is 5.57. The average molecular weight is 372 g/mol. The van der Waals surface area contributed by atoms with Crippen molar-refractivity contribution < 1.29 is 9.53 Å². The van der Waals surface area contributed by atoms with Crippen LogP contribution in [0.2, 0.25) is 0 Å². The van der Waals surface area contributed by atoms with Gasteiger partial charge in [0, 0.05) is 18.1 Å². The summed E-state index contributed by atoms with van der Waals surface area (Å²) in [7, 11) is 1.57. The lowest BCUT2D eigenvalue weighted by Crippen LogP contribution is -2.26. The van der Waals surface area contributed by atoms with Crippen LogP contribution >= 0.6 is 11.8 Å². The molecule has 0 fully saturated rings. The molecule has 0 aliphatic heterocycles. The molecule has 2 heterocycles. The minimum Gasteiger partial charge on any atom is -0.496 e. The Balaban J connectivity index is 1.83. The molecule has 2 aromatic heterocycles. The predicted molar refractivity (Wildman–Crippen MR) is 101 cm³/mol. The molecule has 8 nitrogen and oxygen atoms in total. The molecule has 0 saturated heterocycles. The highest BCUT2D eigenvalue weighted by Crippen LogP contribution is 2.30. The zero-order valence-electron chi connectivity index (χ0n) is 14.5. The summed E-state index contributed by atoms with van der Waals surface area (Å²) >= 11 is 1.72. The van der Waals surface area contributed by atoms with Gasteiger partial charge in [0.25, 0.3) is 0 Å². The molecule has 3 aromatic rings. The number of ether oxygens (including phenoxy) is 1. The highest BCUT2D eigenvalue weighted by Gasteiger charge is 2.20. The van der Waals surface area contributed by atoms with E-state index in [2.05, 4.69) is 25.9 Å². The van der Waals surface area contributed by atoms with E-state index in [0.29, 0.717) is 22.8 Å². The molecular formula is C17H20N6O2S. The molecule has 9 heteroatoms. The van der Waals surface area contributed by atoms with E-state index in [9.17, 15) is 4.79 Å². The highest BCUT2D eigenvalue weighted by atomic mass is 32.2. The monoisotopic (exact) mass is 372 g/mol. The number of carbonyl (C=O) groups excluding carboxylic acids is 1. The van der Waals surface area contributed by atoms with E-state index in [1.807, 2.05) is 35.3 Å². The van der Waals surface area contributed by atoms with E-state index < -0.39 is 0 Å². The van der Waals surface area contributed by atoms with Crippen molar-refractivity contribution >= 4 is 23.4 Å². The Morgan fingerprint density at radius 3 is 2.85 bits per heavy atom. The van der Waals surface area contributed by atoms with Gasteiger partial charge in [-0.2, -0.15) is 17.0 Å². The summed E-state index contributed by atoms with van der Waals surface area (Å²) < 4.78 is 7.27. The molecule has 0 radical (unpaired) electrons. The maximum atomic E-state index is 12.8. The van der Waals surface area contributed by atoms with Crippen LogP contribution in [-0.2, 0) is 4.79 Å². The van der Waals surface area contributed by atoms with Crippen molar-refractivity contribution in [2.45, 2.75) is 12.5 Å². The second kappa shape index (κ2) is 8.52. The van der Waals surface area contributed by atoms with Crippen LogP contribution in [-0.4, -0.2) is 50.2 Å². The molecule has 0 aliphatic carbocycles. The first-order valence-corrected chi connectivity index (χ1v) is 9.46. The number of benzene rings is 1. The molecule has 0 saturated carbocycles. The van der Waals surface area contributed by atoms with Crippen LogP contribution in [0.4, 0.5) is 5.69 Å². The Morgan fingerprint density at radius 2 is 2.19 bits per heavy atom. The number of nitrogens with one attached hydrogen (secondary N) is 2. The Labute approximate surface area is 155 Å². The summed E-state index contributed by atoms with van der Waals surface area (Å²) in [6, 6.07) is 8.91. The van der Waals surface area contributed by atoms with Gasteiger partial charge in [-0.25, -0.2) is 0 Å². The van der Waals surface area contributed by atoms with Crippen LogP contribution in [0.5, 0.6) is 5.75 Å². The van der Waals surface area contributed by atoms with Crippen molar-refractivity contribution in [1.29, 1.82) is 0 Å². The van der Waals surface area contributed by atoms with Crippen molar-refractivity contribution in [1.82, 2.24) is 25.2 Å². The first-order chi connectivity index (χ1) is 12.7. The van der Waals surface area contributed by atoms with Crippen LogP contribution in [0, 0.1) is 0 Å². The maximum Gasteiger partial charge on any atom is 0.247 e. The molecule has 136 valence electrons. The normalized spacial score (nSPS) is 11.9. The zero-order chi connectivity index (χ0) is 18.4. The van der Waals surface area contributed by atoms with Crippen molar-refractivity contribution in [3.8, 4) is 17.1 Å². The molecule has 3 rings (SSSR count). The van der Waals surface area contributed by atoms with Gasteiger partial charge < -0.3 is 14.6 Å². The number of thioether (sulfide) groups is 1. The number of anilines is 1. The number of H-pyrrole nitrogens is 1. The molecule has 1 atom stereocenters. The van der Waals surface area contributed by atoms with Gasteiger partial charge in [0.1, 0.15) is 11.8 Å². The van der Waals surface area contributed by atoms with E-state index in [-0.39, 0.29) is 11.9 Å². The van der Waals surface area contributed by atoms with E-state index in [0.717, 1.165) is 12.2 Å². The number of aromatic amines is 1. The van der Waals surface area contributed by atoms with Crippen molar-refractivity contribution in [2.75, 3.05) is 24.4 Å². The quantitative estimate of drug-likeness (QED) is 0.631. The number of methoxy groups -OCH3 is 1. The topological polar surface area (TPSA) is 97.7 Å². The Morgan fingerprint density at radius 1 is 1.38 bits per heavy atom. The lowest BCUT2D eigenvalue weighted by atomic mass is 10.1. The third-order valence-corrected chi connectivity index (χ3v) is 4.58. The standard InChI is InChI=1S/C17H20N6O2S/c1-25-15-6-5-12(11-13(15)16-19-21-22-20-16)18-17(24)14(7-10-26-2)23-8-3-4-9-23/h3-6,8-9,11,14H,7,10H2,1-2H3,(H,18,24)(H,19,20,21,22)/t14-/m1/s1. The van der Waals surface area contributed by atoms with Gasteiger partial charge in [-0.15, -0.1) is 10.2 Å². The SMILES string of the molecule is COc1ccc(NC(=O)[C@@H](CCSC)n2cccc2)cc1-c1nn[nH]n1. The van der Waals surface area contributed by atoms with Crippen LogP contribution in [0.15, 0.2) is 42.7 Å². The smallest absolute Gasteiger partial charge is 0.247 e. The van der Waals surface area contributed by atoms with E-state index in [1.54, 1.807) is 37.1 Å². The highest BCUT2D eigenvalue weighted by molar-refractivity contribution is 7.98. The summed E-state index contributed by atoms with van der Waals surface area (Å²) in [5.74, 6) is 1.84. The van der Waals surface area contributed by atoms with Gasteiger partial charge in [0.15, 0.2) is 0 Å². The molecule has 0 aliphatic rings. The van der Waals surface area contributed by atoms with Crippen LogP contribution in [0.1, 0.15) is 12.5 Å². The van der Waals surface area contributed by atoms with Gasteiger partial charge >= 0.3 is 0 Å². The Hall–Kier alpha value is -2.81. The summed E-state index contributed by atoms with van der Waals surface area (Å²) in [5, 5.41) is 16.9. The molecule has 0 unspecified atom stereocenters. The zero-order valence-corrected chi connectivity index (χ0v) is 15.4. The van der Waals surface area contributed by atoms with E-state index in [1.165, 1.54) is 0 Å². The van der Waals surface area contributed by atoms with Crippen molar-refractivity contribution in [2.24, 2.45) is 0 Å². The van der Waals surface area contributed by atoms with Gasteiger partial charge in [-0.05, 0) is 54.0 Å². The van der Waals surface area contributed by atoms with Gasteiger partial charge in [-0.3, -0.25) is 4.79 Å². The first-order valence-electron chi connectivity index (χ1n) is 8.07.